The molecule has 0 bridgehead atoms. The first kappa shape index (κ1) is 8.84. The summed E-state index contributed by atoms with van der Waals surface area (Å²) in [4.78, 5) is 0. The highest BCUT2D eigenvalue weighted by atomic mass is 16.5. The van der Waals surface area contributed by atoms with Gasteiger partial charge in [0, 0.05) is 12.6 Å². The molecule has 0 rings (SSSR count). The maximum atomic E-state index is 10.0. The lowest BCUT2D eigenvalue weighted by Crippen LogP contribution is -2.41. The van der Waals surface area contributed by atoms with Crippen molar-refractivity contribution < 1.29 is 5.11 Å². The molecule has 4 heteroatoms. The summed E-state index contributed by atoms with van der Waals surface area (Å²) in [6.45, 7) is 4.13. The second kappa shape index (κ2) is 4.69. The van der Waals surface area contributed by atoms with Gasteiger partial charge in [0.15, 0.2) is 0 Å². The van der Waals surface area contributed by atoms with Crippen molar-refractivity contribution in [3.63, 3.8) is 0 Å². The van der Waals surface area contributed by atoms with E-state index in [4.69, 9.17) is 5.11 Å². The molecule has 0 atom stereocenters. The number of rotatable bonds is 4. The molecule has 0 aliphatic rings. The number of aliphatic hydroxyl groups excluding tert-OH is 1. The highest BCUT2D eigenvalue weighted by Gasteiger charge is 2.01. The molecule has 0 aromatic carbocycles. The Kier molecular flexibility index (Phi) is 4.61. The van der Waals surface area contributed by atoms with Crippen LogP contribution in [-0.4, -0.2) is 29.3 Å². The smallest absolute Gasteiger partial charge is 0.0572 e. The van der Waals surface area contributed by atoms with E-state index < -0.39 is 0 Å². The number of hydrazine groups is 1. The molecule has 0 saturated carbocycles. The number of nitrogens with zero attached hydrogens (tertiary/aromatic N) is 1. The molecular formula is C5H13N2O2-. The molecule has 0 aromatic rings. The Bertz CT molecular complexity index is 68.0. The molecule has 4 nitrogen and oxygen atoms in total. The predicted octanol–water partition coefficient (Wildman–Crippen LogP) is -0.308. The number of hydrogen-bond donors (Lipinski definition) is 2. The number of hydrogen-bond acceptors (Lipinski definition) is 4. The molecule has 0 amide bonds. The van der Waals surface area contributed by atoms with Gasteiger partial charge in [0.1, 0.15) is 0 Å². The lowest BCUT2D eigenvalue weighted by molar-refractivity contribution is 0.131. The molecule has 0 heterocycles. The summed E-state index contributed by atoms with van der Waals surface area (Å²) in [5, 5.41) is 19.8. The van der Waals surface area contributed by atoms with Crippen LogP contribution >= 0.6 is 0 Å². The summed E-state index contributed by atoms with van der Waals surface area (Å²) in [6, 6.07) is 0.134. The van der Waals surface area contributed by atoms with Crippen LogP contribution in [0.25, 0.3) is 0 Å². The monoisotopic (exact) mass is 133 g/mol. The van der Waals surface area contributed by atoms with Crippen LogP contribution in [0.4, 0.5) is 0 Å². The minimum Gasteiger partial charge on any atom is -0.774 e. The van der Waals surface area contributed by atoms with Crippen molar-refractivity contribution in [1.29, 1.82) is 0 Å². The molecule has 0 aliphatic heterocycles. The van der Waals surface area contributed by atoms with Crippen LogP contribution < -0.4 is 5.59 Å². The first-order valence-electron chi connectivity index (χ1n) is 2.97. The summed E-state index contributed by atoms with van der Waals surface area (Å²) in [6.07, 6.45) is 0. The molecule has 9 heavy (non-hydrogen) atoms. The van der Waals surface area contributed by atoms with Gasteiger partial charge in [0.2, 0.25) is 0 Å². The zero-order valence-electron chi connectivity index (χ0n) is 5.79. The van der Waals surface area contributed by atoms with E-state index in [1.165, 1.54) is 5.01 Å². The van der Waals surface area contributed by atoms with E-state index in [1.807, 2.05) is 13.8 Å². The second-order valence-electron chi connectivity index (χ2n) is 2.10. The maximum absolute atomic E-state index is 10.0. The summed E-state index contributed by atoms with van der Waals surface area (Å²) in [5.74, 6) is 0. The normalized spacial score (nSPS) is 11.3. The standard InChI is InChI=1S/C5H13N2O2/c1-5(2)7(6-9)3-4-8/h5-6,8H,3-4H2,1-2H3/q-1. The zero-order valence-corrected chi connectivity index (χ0v) is 5.79. The van der Waals surface area contributed by atoms with Gasteiger partial charge in [-0.3, -0.25) is 5.01 Å². The Morgan fingerprint density at radius 1 is 1.67 bits per heavy atom. The van der Waals surface area contributed by atoms with Crippen molar-refractivity contribution in [3.8, 4) is 0 Å². The third-order valence-corrected chi connectivity index (χ3v) is 1.08. The lowest BCUT2D eigenvalue weighted by Gasteiger charge is -2.29. The SMILES string of the molecule is CC(C)N(CCO)N[O-]. The van der Waals surface area contributed by atoms with Crippen LogP contribution in [0.1, 0.15) is 13.8 Å². The number of nitrogens with one attached hydrogen (secondary N) is 1. The number of aliphatic hydroxyl groups is 1. The average Bonchev–Trinajstić information content (AvgIpc) is 1.82. The average molecular weight is 133 g/mol. The van der Waals surface area contributed by atoms with Crippen LogP contribution in [-0.2, 0) is 0 Å². The van der Waals surface area contributed by atoms with Crippen LogP contribution in [0.15, 0.2) is 0 Å². The quantitative estimate of drug-likeness (QED) is 0.516. The molecule has 0 radical (unpaired) electrons. The molecular weight excluding hydrogens is 120 g/mol. The van der Waals surface area contributed by atoms with Crippen LogP contribution in [0.2, 0.25) is 0 Å². The molecule has 56 valence electrons. The summed E-state index contributed by atoms with van der Waals surface area (Å²) < 4.78 is 0. The van der Waals surface area contributed by atoms with E-state index in [-0.39, 0.29) is 12.6 Å². The topological polar surface area (TPSA) is 58.6 Å². The fourth-order valence-electron chi connectivity index (χ4n) is 0.517. The molecule has 0 fully saturated rings. The molecule has 2 N–H and O–H groups in total. The first-order valence-corrected chi connectivity index (χ1v) is 2.97. The van der Waals surface area contributed by atoms with E-state index in [1.54, 1.807) is 5.59 Å². The van der Waals surface area contributed by atoms with Crippen molar-refractivity contribution >= 4 is 0 Å². The fraction of sp³-hybridized carbons (Fsp3) is 1.00. The van der Waals surface area contributed by atoms with Crippen LogP contribution in [0.3, 0.4) is 0 Å². The highest BCUT2D eigenvalue weighted by Crippen LogP contribution is 1.90. The van der Waals surface area contributed by atoms with Crippen LogP contribution in [0.5, 0.6) is 0 Å². The van der Waals surface area contributed by atoms with Gasteiger partial charge in [0.25, 0.3) is 0 Å². The van der Waals surface area contributed by atoms with Gasteiger partial charge in [0.05, 0.1) is 6.61 Å². The van der Waals surface area contributed by atoms with Gasteiger partial charge in [-0.15, -0.1) is 0 Å². The highest BCUT2D eigenvalue weighted by molar-refractivity contribution is 4.56. The van der Waals surface area contributed by atoms with E-state index in [0.29, 0.717) is 6.54 Å². The predicted molar refractivity (Wildman–Crippen MR) is 35.4 cm³/mol. The minimum atomic E-state index is 0.00736. The molecule has 0 unspecified atom stereocenters. The van der Waals surface area contributed by atoms with E-state index in [2.05, 4.69) is 0 Å². The summed E-state index contributed by atoms with van der Waals surface area (Å²) in [7, 11) is 0. The van der Waals surface area contributed by atoms with E-state index >= 15 is 0 Å². The van der Waals surface area contributed by atoms with Gasteiger partial charge < -0.3 is 15.9 Å². The van der Waals surface area contributed by atoms with Gasteiger partial charge >= 0.3 is 0 Å². The van der Waals surface area contributed by atoms with Gasteiger partial charge in [-0.05, 0) is 13.8 Å². The van der Waals surface area contributed by atoms with E-state index in [0.717, 1.165) is 0 Å². The minimum absolute atomic E-state index is 0.00736. The van der Waals surface area contributed by atoms with Crippen molar-refractivity contribution in [3.05, 3.63) is 5.21 Å². The Morgan fingerprint density at radius 2 is 2.22 bits per heavy atom. The Labute approximate surface area is 55.0 Å². The van der Waals surface area contributed by atoms with Crippen molar-refractivity contribution in [1.82, 2.24) is 10.6 Å². The van der Waals surface area contributed by atoms with Crippen LogP contribution in [0, 0.1) is 5.21 Å². The van der Waals surface area contributed by atoms with E-state index in [9.17, 15) is 5.21 Å². The molecule has 0 saturated heterocycles. The molecule has 0 aliphatic carbocycles. The fourth-order valence-corrected chi connectivity index (χ4v) is 0.517. The molecule has 0 spiro atoms. The Hall–Kier alpha value is -0.160. The maximum Gasteiger partial charge on any atom is 0.0572 e. The third-order valence-electron chi connectivity index (χ3n) is 1.08. The third kappa shape index (κ3) is 3.42. The van der Waals surface area contributed by atoms with Gasteiger partial charge in [-0.25, -0.2) is 0 Å². The summed E-state index contributed by atoms with van der Waals surface area (Å²) in [5.41, 5.74) is 1.73. The van der Waals surface area contributed by atoms with Gasteiger partial charge in [-0.2, -0.15) is 0 Å². The van der Waals surface area contributed by atoms with Crippen molar-refractivity contribution in [2.24, 2.45) is 0 Å². The summed E-state index contributed by atoms with van der Waals surface area (Å²) >= 11 is 0. The first-order chi connectivity index (χ1) is 4.22. The zero-order chi connectivity index (χ0) is 7.28. The largest absolute Gasteiger partial charge is 0.774 e. The van der Waals surface area contributed by atoms with Crippen molar-refractivity contribution in [2.45, 2.75) is 19.9 Å². The Morgan fingerprint density at radius 3 is 2.33 bits per heavy atom. The molecule has 0 aromatic heterocycles. The lowest BCUT2D eigenvalue weighted by atomic mass is 10.4. The van der Waals surface area contributed by atoms with Gasteiger partial charge in [-0.1, -0.05) is 0 Å². The second-order valence-corrected chi connectivity index (χ2v) is 2.10. The Balaban J connectivity index is 3.41. The van der Waals surface area contributed by atoms with Crippen molar-refractivity contribution in [2.75, 3.05) is 13.2 Å².